The molecule has 0 saturated carbocycles. The van der Waals surface area contributed by atoms with Gasteiger partial charge in [-0.15, -0.1) is 0 Å². The highest BCUT2D eigenvalue weighted by molar-refractivity contribution is 5.69. The Bertz CT molecular complexity index is 91.0. The second-order valence-corrected chi connectivity index (χ2v) is 1.73. The van der Waals surface area contributed by atoms with Crippen molar-refractivity contribution in [1.29, 1.82) is 0 Å². The van der Waals surface area contributed by atoms with E-state index in [9.17, 15) is 4.79 Å². The molecule has 9 heavy (non-hydrogen) atoms. The van der Waals surface area contributed by atoms with Crippen LogP contribution < -0.4 is 0 Å². The lowest BCUT2D eigenvalue weighted by atomic mass is 10.1. The Morgan fingerprint density at radius 1 is 1.44 bits per heavy atom. The van der Waals surface area contributed by atoms with Gasteiger partial charge in [-0.2, -0.15) is 0 Å². The van der Waals surface area contributed by atoms with Gasteiger partial charge in [0, 0.05) is 6.61 Å². The highest BCUT2D eigenvalue weighted by Crippen LogP contribution is 1.99. The molecule has 0 spiro atoms. The van der Waals surface area contributed by atoms with Crippen molar-refractivity contribution in [2.45, 2.75) is 6.42 Å². The fraction of sp³-hybridized carbons (Fsp3) is 0.800. The molecular weight excluding hydrogens is 124 g/mol. The van der Waals surface area contributed by atoms with Crippen molar-refractivity contribution in [2.24, 2.45) is 5.92 Å². The van der Waals surface area contributed by atoms with Gasteiger partial charge in [-0.1, -0.05) is 0 Å². The van der Waals surface area contributed by atoms with Crippen molar-refractivity contribution in [3.05, 3.63) is 0 Å². The summed E-state index contributed by atoms with van der Waals surface area (Å²) in [6, 6.07) is 0. The fourth-order valence-corrected chi connectivity index (χ4v) is 0.449. The van der Waals surface area contributed by atoms with Gasteiger partial charge in [0.25, 0.3) is 0 Å². The Balaban J connectivity index is 3.54. The van der Waals surface area contributed by atoms with Crippen LogP contribution in [-0.4, -0.2) is 34.5 Å². The second kappa shape index (κ2) is 4.29. The molecule has 1 atom stereocenters. The lowest BCUT2D eigenvalue weighted by molar-refractivity contribution is -0.143. The SMILES string of the molecule is O=C(O)C(CO)CCO. The van der Waals surface area contributed by atoms with E-state index in [1.807, 2.05) is 0 Å². The van der Waals surface area contributed by atoms with Crippen LogP contribution in [0, 0.1) is 5.92 Å². The third-order valence-corrected chi connectivity index (χ3v) is 1.05. The van der Waals surface area contributed by atoms with Gasteiger partial charge < -0.3 is 15.3 Å². The molecule has 0 heterocycles. The van der Waals surface area contributed by atoms with Crippen LogP contribution in [0.1, 0.15) is 6.42 Å². The molecule has 0 saturated heterocycles. The van der Waals surface area contributed by atoms with Crippen LogP contribution in [0.4, 0.5) is 0 Å². The molecule has 3 N–H and O–H groups in total. The molecule has 0 rings (SSSR count). The molecule has 4 nitrogen and oxygen atoms in total. The Hall–Kier alpha value is -0.610. The van der Waals surface area contributed by atoms with Crippen LogP contribution >= 0.6 is 0 Å². The maximum atomic E-state index is 10.0. The van der Waals surface area contributed by atoms with Gasteiger partial charge in [-0.3, -0.25) is 4.79 Å². The monoisotopic (exact) mass is 134 g/mol. The van der Waals surface area contributed by atoms with Crippen molar-refractivity contribution < 1.29 is 20.1 Å². The lowest BCUT2D eigenvalue weighted by Gasteiger charge is -2.04. The minimum Gasteiger partial charge on any atom is -0.481 e. The van der Waals surface area contributed by atoms with Crippen LogP contribution in [0.5, 0.6) is 0 Å². The van der Waals surface area contributed by atoms with Crippen molar-refractivity contribution in [3.8, 4) is 0 Å². The normalized spacial score (nSPS) is 13.1. The summed E-state index contributed by atoms with van der Waals surface area (Å²) < 4.78 is 0. The molecule has 0 aliphatic rings. The number of carboxylic acid groups (broad SMARTS) is 1. The van der Waals surface area contributed by atoms with Crippen molar-refractivity contribution in [2.75, 3.05) is 13.2 Å². The summed E-state index contributed by atoms with van der Waals surface area (Å²) in [5, 5.41) is 24.8. The van der Waals surface area contributed by atoms with Gasteiger partial charge in [0.15, 0.2) is 0 Å². The van der Waals surface area contributed by atoms with E-state index in [1.165, 1.54) is 0 Å². The topological polar surface area (TPSA) is 77.8 Å². The Morgan fingerprint density at radius 2 is 2.00 bits per heavy atom. The summed E-state index contributed by atoms with van der Waals surface area (Å²) in [7, 11) is 0. The van der Waals surface area contributed by atoms with Gasteiger partial charge in [0.1, 0.15) is 0 Å². The number of hydrogen-bond acceptors (Lipinski definition) is 3. The Morgan fingerprint density at radius 3 is 2.11 bits per heavy atom. The molecule has 0 amide bonds. The number of aliphatic hydroxyl groups is 2. The molecule has 0 aromatic rings. The predicted octanol–water partition coefficient (Wildman–Crippen LogP) is -0.938. The number of aliphatic hydroxyl groups excluding tert-OH is 2. The van der Waals surface area contributed by atoms with E-state index in [-0.39, 0.29) is 13.0 Å². The number of hydrogen-bond donors (Lipinski definition) is 3. The number of carbonyl (C=O) groups is 1. The number of aliphatic carboxylic acids is 1. The average Bonchev–Trinajstić information content (AvgIpc) is 1.82. The van der Waals surface area contributed by atoms with E-state index in [0.29, 0.717) is 0 Å². The van der Waals surface area contributed by atoms with Crippen molar-refractivity contribution >= 4 is 5.97 Å². The zero-order valence-electron chi connectivity index (χ0n) is 4.95. The molecular formula is C5H10O4. The van der Waals surface area contributed by atoms with E-state index >= 15 is 0 Å². The van der Waals surface area contributed by atoms with E-state index in [2.05, 4.69) is 0 Å². The van der Waals surface area contributed by atoms with Crippen LogP contribution in [0.3, 0.4) is 0 Å². The molecule has 54 valence electrons. The first-order valence-corrected chi connectivity index (χ1v) is 2.67. The molecule has 0 radical (unpaired) electrons. The summed E-state index contributed by atoms with van der Waals surface area (Å²) in [6.45, 7) is -0.604. The van der Waals surface area contributed by atoms with Crippen LogP contribution in [0.2, 0.25) is 0 Å². The van der Waals surface area contributed by atoms with Gasteiger partial charge >= 0.3 is 5.97 Å². The summed E-state index contributed by atoms with van der Waals surface area (Å²) >= 11 is 0. The second-order valence-electron chi connectivity index (χ2n) is 1.73. The summed E-state index contributed by atoms with van der Waals surface area (Å²) in [5.41, 5.74) is 0. The largest absolute Gasteiger partial charge is 0.481 e. The van der Waals surface area contributed by atoms with Gasteiger partial charge in [0.05, 0.1) is 12.5 Å². The predicted molar refractivity (Wildman–Crippen MR) is 29.9 cm³/mol. The quantitative estimate of drug-likeness (QED) is 0.463. The first-order valence-electron chi connectivity index (χ1n) is 2.67. The standard InChI is InChI=1S/C5H10O4/c6-2-1-4(3-7)5(8)9/h4,6-7H,1-3H2,(H,8,9). The van der Waals surface area contributed by atoms with E-state index in [0.717, 1.165) is 0 Å². The third kappa shape index (κ3) is 3.05. The minimum absolute atomic E-state index is 0.117. The Kier molecular flexibility index (Phi) is 4.00. The van der Waals surface area contributed by atoms with E-state index < -0.39 is 18.5 Å². The van der Waals surface area contributed by atoms with Crippen LogP contribution in [0.15, 0.2) is 0 Å². The van der Waals surface area contributed by atoms with Gasteiger partial charge in [0.2, 0.25) is 0 Å². The highest BCUT2D eigenvalue weighted by Gasteiger charge is 2.14. The van der Waals surface area contributed by atoms with Crippen molar-refractivity contribution in [1.82, 2.24) is 0 Å². The molecule has 0 fully saturated rings. The van der Waals surface area contributed by atoms with Gasteiger partial charge in [-0.05, 0) is 6.42 Å². The van der Waals surface area contributed by atoms with Crippen LogP contribution in [-0.2, 0) is 4.79 Å². The first kappa shape index (κ1) is 8.39. The summed E-state index contributed by atoms with van der Waals surface area (Å²) in [5.74, 6) is -1.87. The summed E-state index contributed by atoms with van der Waals surface area (Å²) in [6.07, 6.45) is 0.117. The highest BCUT2D eigenvalue weighted by atomic mass is 16.4. The number of carboxylic acids is 1. The maximum Gasteiger partial charge on any atom is 0.308 e. The van der Waals surface area contributed by atoms with Crippen LogP contribution in [0.25, 0.3) is 0 Å². The molecule has 0 aromatic carbocycles. The molecule has 0 bridgehead atoms. The molecule has 0 aliphatic carbocycles. The van der Waals surface area contributed by atoms with E-state index in [1.54, 1.807) is 0 Å². The lowest BCUT2D eigenvalue weighted by Crippen LogP contribution is -2.18. The smallest absolute Gasteiger partial charge is 0.308 e. The van der Waals surface area contributed by atoms with Gasteiger partial charge in [-0.25, -0.2) is 0 Å². The average molecular weight is 134 g/mol. The zero-order valence-corrected chi connectivity index (χ0v) is 4.95. The maximum absolute atomic E-state index is 10.0. The fourth-order valence-electron chi connectivity index (χ4n) is 0.449. The molecule has 1 unspecified atom stereocenters. The third-order valence-electron chi connectivity index (χ3n) is 1.05. The Labute approximate surface area is 52.7 Å². The summed E-state index contributed by atoms with van der Waals surface area (Å²) in [4.78, 5) is 10.0. The molecule has 0 aliphatic heterocycles. The van der Waals surface area contributed by atoms with E-state index in [4.69, 9.17) is 15.3 Å². The number of rotatable bonds is 4. The minimum atomic E-state index is -1.06. The molecule has 0 aromatic heterocycles. The van der Waals surface area contributed by atoms with Crippen molar-refractivity contribution in [3.63, 3.8) is 0 Å². The first-order chi connectivity index (χ1) is 4.22. The molecule has 4 heteroatoms. The zero-order chi connectivity index (χ0) is 7.28.